The van der Waals surface area contributed by atoms with Crippen molar-refractivity contribution in [2.75, 3.05) is 10.7 Å². The second-order valence-corrected chi connectivity index (χ2v) is 6.35. The van der Waals surface area contributed by atoms with Crippen molar-refractivity contribution < 1.29 is 9.90 Å². The van der Waals surface area contributed by atoms with Gasteiger partial charge in [0.25, 0.3) is 0 Å². The van der Waals surface area contributed by atoms with Gasteiger partial charge in [0.15, 0.2) is 4.34 Å². The molecular formula is C10H15N3O2S2. The Balaban J connectivity index is 2.03. The van der Waals surface area contributed by atoms with Crippen LogP contribution in [0.2, 0.25) is 0 Å². The summed E-state index contributed by atoms with van der Waals surface area (Å²) in [6.07, 6.45) is 1.74. The molecule has 1 aliphatic rings. The van der Waals surface area contributed by atoms with Crippen LogP contribution in [0.3, 0.4) is 0 Å². The summed E-state index contributed by atoms with van der Waals surface area (Å²) in [6, 6.07) is 0.315. The molecule has 0 spiro atoms. The molecule has 1 N–H and O–H groups in total. The molecule has 0 saturated heterocycles. The van der Waals surface area contributed by atoms with Crippen molar-refractivity contribution in [1.82, 2.24) is 10.2 Å². The van der Waals surface area contributed by atoms with Crippen LogP contribution in [0.5, 0.6) is 0 Å². The van der Waals surface area contributed by atoms with Gasteiger partial charge in [-0.2, -0.15) is 0 Å². The van der Waals surface area contributed by atoms with Gasteiger partial charge in [0, 0.05) is 18.7 Å². The zero-order valence-electron chi connectivity index (χ0n) is 9.79. The molecule has 17 heavy (non-hydrogen) atoms. The summed E-state index contributed by atoms with van der Waals surface area (Å²) in [7, 11) is 0. The molecule has 0 aliphatic heterocycles. The van der Waals surface area contributed by atoms with E-state index < -0.39 is 0 Å². The van der Waals surface area contributed by atoms with Crippen LogP contribution in [0.25, 0.3) is 0 Å². The minimum absolute atomic E-state index is 0.0238. The second-order valence-electron chi connectivity index (χ2n) is 4.13. The molecule has 1 aromatic heterocycles. The van der Waals surface area contributed by atoms with E-state index in [2.05, 4.69) is 10.2 Å². The molecule has 1 amide bonds. The smallest absolute Gasteiger partial charge is 0.225 e. The molecular weight excluding hydrogens is 258 g/mol. The molecule has 7 heteroatoms. The van der Waals surface area contributed by atoms with Gasteiger partial charge in [-0.05, 0) is 19.8 Å². The number of aliphatic hydroxyl groups excluding tert-OH is 1. The molecule has 1 heterocycles. The molecule has 0 bridgehead atoms. The molecule has 94 valence electrons. The predicted molar refractivity (Wildman–Crippen MR) is 68.5 cm³/mol. The molecule has 0 radical (unpaired) electrons. The number of hydrogen-bond acceptors (Lipinski definition) is 6. The monoisotopic (exact) mass is 273 g/mol. The standard InChI is InChI=1S/C10H15N3O2S2/c1-6(14)5-16-10-12-11-9(17-10)13(7(2)15)8-3-4-8/h6,8,14H,3-5H2,1-2H3. The number of hydrogen-bond donors (Lipinski definition) is 1. The van der Waals surface area contributed by atoms with E-state index in [9.17, 15) is 9.90 Å². The van der Waals surface area contributed by atoms with Crippen molar-refractivity contribution in [3.8, 4) is 0 Å². The number of aromatic nitrogens is 2. The van der Waals surface area contributed by atoms with Crippen molar-refractivity contribution in [3.63, 3.8) is 0 Å². The van der Waals surface area contributed by atoms with Crippen LogP contribution in [0.1, 0.15) is 26.7 Å². The summed E-state index contributed by atoms with van der Waals surface area (Å²) < 4.78 is 0.799. The Kier molecular flexibility index (Phi) is 4.01. The van der Waals surface area contributed by atoms with Crippen LogP contribution in [-0.2, 0) is 4.79 Å². The summed E-state index contributed by atoms with van der Waals surface area (Å²) in [5, 5.41) is 17.9. The molecule has 1 unspecified atom stereocenters. The minimum Gasteiger partial charge on any atom is -0.393 e. The molecule has 1 fully saturated rings. The normalized spacial score (nSPS) is 16.9. The number of aliphatic hydroxyl groups is 1. The van der Waals surface area contributed by atoms with E-state index in [1.165, 1.54) is 23.1 Å². The fourth-order valence-electron chi connectivity index (χ4n) is 1.43. The number of carbonyl (C=O) groups excluding carboxylic acids is 1. The Hall–Kier alpha value is -0.660. The minimum atomic E-state index is -0.361. The van der Waals surface area contributed by atoms with Gasteiger partial charge in [0.2, 0.25) is 11.0 Å². The molecule has 0 aromatic carbocycles. The Bertz CT molecular complexity index is 404. The quantitative estimate of drug-likeness (QED) is 0.651. The van der Waals surface area contributed by atoms with Crippen LogP contribution in [0.15, 0.2) is 4.34 Å². The summed E-state index contributed by atoms with van der Waals surface area (Å²) in [5.41, 5.74) is 0. The van der Waals surface area contributed by atoms with Gasteiger partial charge in [-0.3, -0.25) is 9.69 Å². The topological polar surface area (TPSA) is 66.3 Å². The highest BCUT2D eigenvalue weighted by molar-refractivity contribution is 8.01. The lowest BCUT2D eigenvalue weighted by molar-refractivity contribution is -0.116. The number of thioether (sulfide) groups is 1. The average molecular weight is 273 g/mol. The van der Waals surface area contributed by atoms with Gasteiger partial charge in [-0.15, -0.1) is 10.2 Å². The van der Waals surface area contributed by atoms with Crippen molar-refractivity contribution >= 4 is 34.1 Å². The largest absolute Gasteiger partial charge is 0.393 e. The highest BCUT2D eigenvalue weighted by atomic mass is 32.2. The molecule has 5 nitrogen and oxygen atoms in total. The average Bonchev–Trinajstić information content (AvgIpc) is 2.94. The molecule has 1 saturated carbocycles. The lowest BCUT2D eigenvalue weighted by atomic mass is 10.5. The van der Waals surface area contributed by atoms with Gasteiger partial charge in [0.1, 0.15) is 0 Å². The fraction of sp³-hybridized carbons (Fsp3) is 0.700. The summed E-state index contributed by atoms with van der Waals surface area (Å²) in [4.78, 5) is 13.2. The number of rotatable bonds is 5. The van der Waals surface area contributed by atoms with E-state index in [-0.39, 0.29) is 12.0 Å². The fourth-order valence-corrected chi connectivity index (χ4v) is 3.27. The maximum Gasteiger partial charge on any atom is 0.225 e. The summed E-state index contributed by atoms with van der Waals surface area (Å²) in [6.45, 7) is 3.29. The van der Waals surface area contributed by atoms with E-state index >= 15 is 0 Å². The van der Waals surface area contributed by atoms with Crippen molar-refractivity contribution in [2.24, 2.45) is 0 Å². The van der Waals surface area contributed by atoms with Crippen LogP contribution < -0.4 is 4.90 Å². The van der Waals surface area contributed by atoms with E-state index in [4.69, 9.17) is 0 Å². The molecule has 2 rings (SSSR count). The lowest BCUT2D eigenvalue weighted by Gasteiger charge is -2.15. The highest BCUT2D eigenvalue weighted by Gasteiger charge is 2.34. The van der Waals surface area contributed by atoms with Crippen LogP contribution in [0.4, 0.5) is 5.13 Å². The summed E-state index contributed by atoms with van der Waals surface area (Å²) >= 11 is 2.88. The Labute approximate surface area is 108 Å². The SMILES string of the molecule is CC(=O)N(c1nnc(SCC(C)O)s1)C1CC1. The first-order valence-corrected chi connectivity index (χ1v) is 7.32. The first-order chi connectivity index (χ1) is 8.08. The van der Waals surface area contributed by atoms with Gasteiger partial charge in [-0.1, -0.05) is 23.1 Å². The van der Waals surface area contributed by atoms with Crippen molar-refractivity contribution in [2.45, 2.75) is 43.2 Å². The van der Waals surface area contributed by atoms with E-state index in [0.717, 1.165) is 17.2 Å². The lowest BCUT2D eigenvalue weighted by Crippen LogP contribution is -2.30. The van der Waals surface area contributed by atoms with Crippen molar-refractivity contribution in [3.05, 3.63) is 0 Å². The van der Waals surface area contributed by atoms with Crippen LogP contribution >= 0.6 is 23.1 Å². The molecule has 1 atom stereocenters. The van der Waals surface area contributed by atoms with Gasteiger partial charge >= 0.3 is 0 Å². The zero-order valence-corrected chi connectivity index (χ0v) is 11.4. The third-order valence-electron chi connectivity index (χ3n) is 2.30. The number of carbonyl (C=O) groups is 1. The zero-order chi connectivity index (χ0) is 12.4. The van der Waals surface area contributed by atoms with E-state index in [1.54, 1.807) is 18.7 Å². The van der Waals surface area contributed by atoms with Crippen LogP contribution in [-0.4, -0.2) is 39.1 Å². The third-order valence-corrected chi connectivity index (χ3v) is 4.60. The maximum absolute atomic E-state index is 11.5. The third kappa shape index (κ3) is 3.40. The van der Waals surface area contributed by atoms with Crippen LogP contribution in [0, 0.1) is 0 Å². The second kappa shape index (κ2) is 5.32. The Morgan fingerprint density at radius 2 is 2.35 bits per heavy atom. The Morgan fingerprint density at radius 1 is 1.65 bits per heavy atom. The van der Waals surface area contributed by atoms with E-state index in [0.29, 0.717) is 16.9 Å². The van der Waals surface area contributed by atoms with E-state index in [1.807, 2.05) is 0 Å². The predicted octanol–water partition coefficient (Wildman–Crippen LogP) is 1.53. The first kappa shape index (κ1) is 12.8. The highest BCUT2D eigenvalue weighted by Crippen LogP contribution is 2.35. The molecule has 1 aliphatic carbocycles. The maximum atomic E-state index is 11.5. The molecule has 1 aromatic rings. The number of anilines is 1. The van der Waals surface area contributed by atoms with Gasteiger partial charge in [-0.25, -0.2) is 0 Å². The Morgan fingerprint density at radius 3 is 2.88 bits per heavy atom. The summed E-state index contributed by atoms with van der Waals surface area (Å²) in [5.74, 6) is 0.619. The number of nitrogens with zero attached hydrogens (tertiary/aromatic N) is 3. The first-order valence-electron chi connectivity index (χ1n) is 5.52. The van der Waals surface area contributed by atoms with Crippen molar-refractivity contribution in [1.29, 1.82) is 0 Å². The van der Waals surface area contributed by atoms with Gasteiger partial charge < -0.3 is 5.11 Å². The number of amides is 1. The van der Waals surface area contributed by atoms with Gasteiger partial charge in [0.05, 0.1) is 6.10 Å².